The zero-order valence-corrected chi connectivity index (χ0v) is 22.4. The van der Waals surface area contributed by atoms with E-state index in [0.717, 1.165) is 29.2 Å². The first-order valence-corrected chi connectivity index (χ1v) is 14.2. The number of hydrogen-bond acceptors (Lipinski definition) is 2. The number of carbonyl (C=O) groups is 2. The smallest absolute Gasteiger partial charge is 0.236 e. The summed E-state index contributed by atoms with van der Waals surface area (Å²) in [6.45, 7) is 6.87. The summed E-state index contributed by atoms with van der Waals surface area (Å²) in [5, 5.41) is 6.55. The Bertz CT molecular complexity index is 1180. The van der Waals surface area contributed by atoms with E-state index >= 15 is 0 Å². The van der Waals surface area contributed by atoms with Gasteiger partial charge in [-0.1, -0.05) is 87.0 Å². The average molecular weight is 497 g/mol. The molecule has 2 saturated carbocycles. The average Bonchev–Trinajstić information content (AvgIpc) is 3.31. The molecule has 37 heavy (non-hydrogen) atoms. The lowest BCUT2D eigenvalue weighted by Gasteiger charge is -2.57. The molecule has 0 aromatic heterocycles. The first-order chi connectivity index (χ1) is 17.7. The van der Waals surface area contributed by atoms with Crippen LogP contribution in [0, 0.1) is 34.5 Å². The first-order valence-electron chi connectivity index (χ1n) is 14.2. The molecule has 2 aromatic carbocycles. The topological polar surface area (TPSA) is 58.2 Å². The number of fused-ring (bicyclic) bond motifs is 5. The fraction of sp³-hybridized carbons (Fsp3) is 0.515. The molecule has 0 spiro atoms. The number of nitrogens with one attached hydrogen (secondary N) is 2. The molecule has 6 rings (SSSR count). The van der Waals surface area contributed by atoms with E-state index in [2.05, 4.69) is 30.6 Å². The lowest BCUT2D eigenvalue weighted by molar-refractivity contribution is -0.141. The molecule has 2 N–H and O–H groups in total. The molecule has 4 aliphatic rings. The Balaban J connectivity index is 1.30. The van der Waals surface area contributed by atoms with Crippen LogP contribution in [-0.4, -0.2) is 11.8 Å². The Kier molecular flexibility index (Phi) is 5.85. The van der Waals surface area contributed by atoms with Gasteiger partial charge in [-0.3, -0.25) is 9.59 Å². The van der Waals surface area contributed by atoms with Gasteiger partial charge < -0.3 is 10.6 Å². The van der Waals surface area contributed by atoms with Crippen molar-refractivity contribution in [3.8, 4) is 0 Å². The van der Waals surface area contributed by atoms with E-state index in [4.69, 9.17) is 0 Å². The molecule has 1 saturated heterocycles. The second-order valence-corrected chi connectivity index (χ2v) is 12.8. The zero-order valence-electron chi connectivity index (χ0n) is 22.4. The summed E-state index contributed by atoms with van der Waals surface area (Å²) in [5.74, 6) is 0.901. The molecule has 194 valence electrons. The standard InChI is InChI=1S/C33H40N2O2/c1-31-19-10-15-26(31)24-16-17-28-32(2,27(24)18-20-31)21-25(29(36)34-28)30(37)35-33(3,22-11-6-4-7-12-22)23-13-8-5-9-14-23/h4-9,11-14,17,24-27H,10,15-16,18-21H2,1-3H3,(H,34,36)(H,35,37)/t24-,25?,26-,27+,31-,32+/m0/s1. The number of rotatable bonds is 4. The maximum atomic E-state index is 14.0. The van der Waals surface area contributed by atoms with Gasteiger partial charge in [0.2, 0.25) is 11.8 Å². The van der Waals surface area contributed by atoms with Crippen molar-refractivity contribution in [1.29, 1.82) is 0 Å². The van der Waals surface area contributed by atoms with E-state index < -0.39 is 11.5 Å². The summed E-state index contributed by atoms with van der Waals surface area (Å²) in [6.07, 6.45) is 10.4. The first kappa shape index (κ1) is 24.5. The lowest BCUT2D eigenvalue weighted by atomic mass is 9.49. The van der Waals surface area contributed by atoms with Crippen LogP contribution in [0.5, 0.6) is 0 Å². The molecule has 4 nitrogen and oxygen atoms in total. The maximum absolute atomic E-state index is 14.0. The van der Waals surface area contributed by atoms with Gasteiger partial charge in [0.05, 0.1) is 5.54 Å². The van der Waals surface area contributed by atoms with Gasteiger partial charge in [0.15, 0.2) is 0 Å². The maximum Gasteiger partial charge on any atom is 0.236 e. The van der Waals surface area contributed by atoms with E-state index in [1.54, 1.807) is 0 Å². The van der Waals surface area contributed by atoms with Crippen molar-refractivity contribution in [2.24, 2.45) is 34.5 Å². The second kappa shape index (κ2) is 8.85. The molecular weight excluding hydrogens is 456 g/mol. The third kappa shape index (κ3) is 3.86. The fourth-order valence-corrected chi connectivity index (χ4v) is 8.68. The number of hydrogen-bond donors (Lipinski definition) is 2. The van der Waals surface area contributed by atoms with E-state index in [-0.39, 0.29) is 17.2 Å². The summed E-state index contributed by atoms with van der Waals surface area (Å²) in [4.78, 5) is 27.4. The number of piperidine rings is 1. The van der Waals surface area contributed by atoms with Crippen molar-refractivity contribution in [1.82, 2.24) is 10.6 Å². The highest BCUT2D eigenvalue weighted by Gasteiger charge is 2.58. The molecular formula is C33H40N2O2. The summed E-state index contributed by atoms with van der Waals surface area (Å²) >= 11 is 0. The Morgan fingerprint density at radius 2 is 1.59 bits per heavy atom. The number of carbonyl (C=O) groups excluding carboxylic acids is 2. The Hall–Kier alpha value is -2.88. The van der Waals surface area contributed by atoms with Crippen LogP contribution < -0.4 is 10.6 Å². The molecule has 2 amide bonds. The third-order valence-corrected chi connectivity index (χ3v) is 10.8. The Morgan fingerprint density at radius 3 is 2.24 bits per heavy atom. The van der Waals surface area contributed by atoms with Crippen LogP contribution in [0.15, 0.2) is 72.4 Å². The highest BCUT2D eigenvalue weighted by Crippen LogP contribution is 2.64. The molecule has 4 heteroatoms. The monoisotopic (exact) mass is 496 g/mol. The normalized spacial score (nSPS) is 34.9. The molecule has 1 heterocycles. The molecule has 1 aliphatic heterocycles. The van der Waals surface area contributed by atoms with E-state index in [0.29, 0.717) is 23.7 Å². The van der Waals surface area contributed by atoms with Gasteiger partial charge in [-0.05, 0) is 79.7 Å². The van der Waals surface area contributed by atoms with Crippen molar-refractivity contribution in [2.45, 2.75) is 71.3 Å². The zero-order chi connectivity index (χ0) is 25.8. The second-order valence-electron chi connectivity index (χ2n) is 12.8. The predicted molar refractivity (Wildman–Crippen MR) is 146 cm³/mol. The SMILES string of the molecule is CC(NC(=O)C1C[C@@]2(C)C(=CC[C@@H]3[C@H]2CC[C@]2(C)CCC[C@@H]32)NC1=O)(c1ccccc1)c1ccccc1. The molecule has 3 fully saturated rings. The molecule has 0 bridgehead atoms. The molecule has 3 aliphatic carbocycles. The van der Waals surface area contributed by atoms with Crippen molar-refractivity contribution in [3.05, 3.63) is 83.6 Å². The van der Waals surface area contributed by atoms with Crippen LogP contribution in [0.3, 0.4) is 0 Å². The van der Waals surface area contributed by atoms with E-state index in [1.165, 1.54) is 32.1 Å². The molecule has 1 unspecified atom stereocenters. The minimum atomic E-state index is -0.734. The largest absolute Gasteiger partial charge is 0.342 e. The highest BCUT2D eigenvalue weighted by molar-refractivity contribution is 6.02. The summed E-state index contributed by atoms with van der Waals surface area (Å²) in [6, 6.07) is 20.1. The fourth-order valence-electron chi connectivity index (χ4n) is 8.68. The van der Waals surface area contributed by atoms with Crippen molar-refractivity contribution in [2.75, 3.05) is 0 Å². The van der Waals surface area contributed by atoms with Crippen LogP contribution >= 0.6 is 0 Å². The summed E-state index contributed by atoms with van der Waals surface area (Å²) in [5.41, 5.74) is 2.65. The number of allylic oxidation sites excluding steroid dienone is 2. The van der Waals surface area contributed by atoms with E-state index in [1.807, 2.05) is 67.6 Å². The van der Waals surface area contributed by atoms with Gasteiger partial charge >= 0.3 is 0 Å². The van der Waals surface area contributed by atoms with Gasteiger partial charge in [-0.15, -0.1) is 0 Å². The van der Waals surface area contributed by atoms with Crippen molar-refractivity contribution >= 4 is 11.8 Å². The van der Waals surface area contributed by atoms with Gasteiger partial charge in [-0.2, -0.15) is 0 Å². The van der Waals surface area contributed by atoms with Gasteiger partial charge in [0.1, 0.15) is 5.92 Å². The van der Waals surface area contributed by atoms with Crippen LogP contribution in [-0.2, 0) is 15.1 Å². The minimum absolute atomic E-state index is 0.162. The molecule has 0 radical (unpaired) electrons. The lowest BCUT2D eigenvalue weighted by Crippen LogP contribution is -2.58. The van der Waals surface area contributed by atoms with Gasteiger partial charge in [-0.25, -0.2) is 0 Å². The third-order valence-electron chi connectivity index (χ3n) is 10.8. The van der Waals surface area contributed by atoms with Gasteiger partial charge in [0, 0.05) is 11.1 Å². The molecule has 2 aromatic rings. The Labute approximate surface area is 221 Å². The predicted octanol–water partition coefficient (Wildman–Crippen LogP) is 6.33. The number of benzene rings is 2. The number of amides is 2. The van der Waals surface area contributed by atoms with E-state index in [9.17, 15) is 9.59 Å². The Morgan fingerprint density at radius 1 is 0.946 bits per heavy atom. The van der Waals surface area contributed by atoms with Crippen LogP contribution in [0.25, 0.3) is 0 Å². The highest BCUT2D eigenvalue weighted by atomic mass is 16.2. The quantitative estimate of drug-likeness (QED) is 0.486. The van der Waals surface area contributed by atoms with Crippen molar-refractivity contribution < 1.29 is 9.59 Å². The van der Waals surface area contributed by atoms with Crippen molar-refractivity contribution in [3.63, 3.8) is 0 Å². The summed E-state index contributed by atoms with van der Waals surface area (Å²) in [7, 11) is 0. The molecule has 6 atom stereocenters. The van der Waals surface area contributed by atoms with Crippen LogP contribution in [0.2, 0.25) is 0 Å². The minimum Gasteiger partial charge on any atom is -0.342 e. The van der Waals surface area contributed by atoms with Crippen LogP contribution in [0.4, 0.5) is 0 Å². The van der Waals surface area contributed by atoms with Crippen LogP contribution in [0.1, 0.15) is 76.8 Å². The summed E-state index contributed by atoms with van der Waals surface area (Å²) < 4.78 is 0. The van der Waals surface area contributed by atoms with Gasteiger partial charge in [0.25, 0.3) is 0 Å².